The predicted octanol–water partition coefficient (Wildman–Crippen LogP) is 4.78. The van der Waals surface area contributed by atoms with Crippen LogP contribution in [0, 0.1) is 0 Å². The van der Waals surface area contributed by atoms with E-state index < -0.39 is 0 Å². The predicted molar refractivity (Wildman–Crippen MR) is 108 cm³/mol. The number of thioether (sulfide) groups is 1. The topological polar surface area (TPSA) is 42.0 Å². The number of amides is 1. The van der Waals surface area contributed by atoms with Gasteiger partial charge < -0.3 is 5.32 Å². The molecule has 3 aromatic rings. The second-order valence-electron chi connectivity index (χ2n) is 6.06. The highest BCUT2D eigenvalue weighted by Gasteiger charge is 2.17. The van der Waals surface area contributed by atoms with Crippen LogP contribution in [-0.2, 0) is 4.79 Å². The third kappa shape index (κ3) is 4.96. The average Bonchev–Trinajstić information content (AvgIpc) is 2.70. The largest absolute Gasteiger partial charge is 0.347 e. The van der Waals surface area contributed by atoms with E-state index in [0.717, 1.165) is 5.69 Å². The molecule has 0 aliphatic rings. The van der Waals surface area contributed by atoms with E-state index in [1.807, 2.05) is 61.5 Å². The molecule has 0 spiro atoms. The van der Waals surface area contributed by atoms with Crippen LogP contribution in [0.2, 0.25) is 0 Å². The Morgan fingerprint density at radius 3 is 2.04 bits per heavy atom. The van der Waals surface area contributed by atoms with Gasteiger partial charge in [-0.2, -0.15) is 0 Å². The molecule has 0 fully saturated rings. The fraction of sp³-hybridized carbons (Fsp3) is 0.182. The van der Waals surface area contributed by atoms with Gasteiger partial charge in [-0.05, 0) is 30.2 Å². The Morgan fingerprint density at radius 1 is 0.923 bits per heavy atom. The summed E-state index contributed by atoms with van der Waals surface area (Å²) in [7, 11) is 0. The molecule has 1 heterocycles. The van der Waals surface area contributed by atoms with Gasteiger partial charge in [0.2, 0.25) is 5.91 Å². The maximum absolute atomic E-state index is 12.4. The number of hydrogen-bond acceptors (Lipinski definition) is 3. The summed E-state index contributed by atoms with van der Waals surface area (Å²) >= 11 is 1.64. The summed E-state index contributed by atoms with van der Waals surface area (Å²) < 4.78 is 0. The molecule has 1 N–H and O–H groups in total. The minimum Gasteiger partial charge on any atom is -0.347 e. The van der Waals surface area contributed by atoms with Crippen molar-refractivity contribution in [3.63, 3.8) is 0 Å². The molecule has 3 rings (SSSR count). The number of hydrogen-bond donors (Lipinski definition) is 1. The molecule has 1 amide bonds. The van der Waals surface area contributed by atoms with Gasteiger partial charge in [0.25, 0.3) is 0 Å². The van der Waals surface area contributed by atoms with Crippen LogP contribution in [0.4, 0.5) is 0 Å². The minimum absolute atomic E-state index is 0.0185. The van der Waals surface area contributed by atoms with Crippen molar-refractivity contribution in [2.24, 2.45) is 0 Å². The second-order valence-corrected chi connectivity index (χ2v) is 7.15. The lowest BCUT2D eigenvalue weighted by atomic mass is 10.0. The van der Waals surface area contributed by atoms with Gasteiger partial charge in [-0.25, -0.2) is 0 Å². The Bertz CT molecular complexity index is 770. The number of nitrogens with zero attached hydrogens (tertiary/aromatic N) is 1. The van der Waals surface area contributed by atoms with Crippen LogP contribution < -0.4 is 5.32 Å². The van der Waals surface area contributed by atoms with E-state index >= 15 is 0 Å². The van der Waals surface area contributed by atoms with Crippen molar-refractivity contribution in [3.05, 3.63) is 102 Å². The van der Waals surface area contributed by atoms with Crippen LogP contribution in [0.25, 0.3) is 0 Å². The number of carbonyl (C=O) groups is 1. The molecule has 2 aromatic carbocycles. The first-order valence-corrected chi connectivity index (χ1v) is 9.70. The zero-order valence-corrected chi connectivity index (χ0v) is 15.5. The lowest BCUT2D eigenvalue weighted by Crippen LogP contribution is -2.29. The van der Waals surface area contributed by atoms with Crippen LogP contribution in [0.15, 0.2) is 85.1 Å². The molecule has 4 heteroatoms. The van der Waals surface area contributed by atoms with E-state index in [9.17, 15) is 4.79 Å². The van der Waals surface area contributed by atoms with Crippen LogP contribution >= 0.6 is 11.8 Å². The number of nitrogens with one attached hydrogen (secondary N) is 1. The SMILES string of the molecule is C[C@H](NC(=O)CSC(c1ccccc1)c1ccccc1)c1ccccn1. The van der Waals surface area contributed by atoms with Gasteiger partial charge in [0.1, 0.15) is 0 Å². The summed E-state index contributed by atoms with van der Waals surface area (Å²) in [5, 5.41) is 3.16. The summed E-state index contributed by atoms with van der Waals surface area (Å²) in [6, 6.07) is 26.2. The van der Waals surface area contributed by atoms with Crippen LogP contribution in [0.5, 0.6) is 0 Å². The number of carbonyl (C=O) groups excluding carboxylic acids is 1. The van der Waals surface area contributed by atoms with E-state index in [2.05, 4.69) is 34.6 Å². The highest BCUT2D eigenvalue weighted by Crippen LogP contribution is 2.35. The van der Waals surface area contributed by atoms with Crippen molar-refractivity contribution in [1.82, 2.24) is 10.3 Å². The normalized spacial score (nSPS) is 11.9. The van der Waals surface area contributed by atoms with Crippen molar-refractivity contribution in [2.75, 3.05) is 5.75 Å². The third-order valence-electron chi connectivity index (χ3n) is 4.09. The third-order valence-corrected chi connectivity index (χ3v) is 5.40. The monoisotopic (exact) mass is 362 g/mol. The van der Waals surface area contributed by atoms with Gasteiger partial charge in [-0.3, -0.25) is 9.78 Å². The lowest BCUT2D eigenvalue weighted by Gasteiger charge is -2.19. The van der Waals surface area contributed by atoms with Gasteiger partial charge >= 0.3 is 0 Å². The van der Waals surface area contributed by atoms with E-state index in [1.165, 1.54) is 11.1 Å². The lowest BCUT2D eigenvalue weighted by molar-refractivity contribution is -0.119. The molecular formula is C22H22N2OS. The van der Waals surface area contributed by atoms with Crippen LogP contribution in [-0.4, -0.2) is 16.6 Å². The van der Waals surface area contributed by atoms with E-state index in [0.29, 0.717) is 5.75 Å². The molecule has 132 valence electrons. The molecule has 3 nitrogen and oxygen atoms in total. The first-order chi connectivity index (χ1) is 12.7. The summed E-state index contributed by atoms with van der Waals surface area (Å²) in [6.45, 7) is 1.96. The molecule has 0 aliphatic heterocycles. The molecule has 26 heavy (non-hydrogen) atoms. The molecule has 0 saturated heterocycles. The van der Waals surface area contributed by atoms with Crippen molar-refractivity contribution in [2.45, 2.75) is 18.2 Å². The van der Waals surface area contributed by atoms with Crippen LogP contribution in [0.3, 0.4) is 0 Å². The smallest absolute Gasteiger partial charge is 0.230 e. The maximum Gasteiger partial charge on any atom is 0.230 e. The second kappa shape index (κ2) is 9.20. The number of aromatic nitrogens is 1. The van der Waals surface area contributed by atoms with Crippen LogP contribution in [0.1, 0.15) is 35.0 Å². The molecule has 1 aromatic heterocycles. The average molecular weight is 362 g/mol. The first-order valence-electron chi connectivity index (χ1n) is 8.66. The molecule has 0 unspecified atom stereocenters. The zero-order valence-electron chi connectivity index (χ0n) is 14.7. The number of pyridine rings is 1. The van der Waals surface area contributed by atoms with Crippen molar-refractivity contribution < 1.29 is 4.79 Å². The van der Waals surface area contributed by atoms with E-state index in [4.69, 9.17) is 0 Å². The Labute approximate surface area is 158 Å². The molecule has 0 aliphatic carbocycles. The first kappa shape index (κ1) is 18.2. The minimum atomic E-state index is -0.101. The van der Waals surface area contributed by atoms with Gasteiger partial charge in [0.05, 0.1) is 22.7 Å². The standard InChI is InChI=1S/C22H22N2OS/c1-17(20-14-8-9-15-23-20)24-21(25)16-26-22(18-10-4-2-5-11-18)19-12-6-3-7-13-19/h2-15,17,22H,16H2,1H3,(H,24,25)/t17-/m0/s1. The summed E-state index contributed by atoms with van der Waals surface area (Å²) in [5.74, 6) is 0.413. The molecule has 0 bridgehead atoms. The Morgan fingerprint density at radius 2 is 1.50 bits per heavy atom. The van der Waals surface area contributed by atoms with Crippen molar-refractivity contribution in [3.8, 4) is 0 Å². The maximum atomic E-state index is 12.4. The molecule has 1 atom stereocenters. The number of benzene rings is 2. The Balaban J connectivity index is 1.65. The summed E-state index contributed by atoms with van der Waals surface area (Å²) in [5.41, 5.74) is 3.28. The highest BCUT2D eigenvalue weighted by molar-refractivity contribution is 8.00. The Hall–Kier alpha value is -2.59. The summed E-state index contributed by atoms with van der Waals surface area (Å²) in [4.78, 5) is 16.7. The van der Waals surface area contributed by atoms with Gasteiger partial charge in [-0.1, -0.05) is 66.7 Å². The van der Waals surface area contributed by atoms with E-state index in [1.54, 1.807) is 18.0 Å². The van der Waals surface area contributed by atoms with Gasteiger partial charge in [0, 0.05) is 6.20 Å². The zero-order chi connectivity index (χ0) is 18.2. The Kier molecular flexibility index (Phi) is 6.45. The fourth-order valence-corrected chi connectivity index (χ4v) is 3.89. The van der Waals surface area contributed by atoms with Gasteiger partial charge in [-0.15, -0.1) is 11.8 Å². The highest BCUT2D eigenvalue weighted by atomic mass is 32.2. The molecule has 0 saturated carbocycles. The number of rotatable bonds is 7. The quantitative estimate of drug-likeness (QED) is 0.657. The van der Waals surface area contributed by atoms with Crippen molar-refractivity contribution in [1.29, 1.82) is 0 Å². The summed E-state index contributed by atoms with van der Waals surface area (Å²) in [6.07, 6.45) is 1.74. The molecular weight excluding hydrogens is 340 g/mol. The van der Waals surface area contributed by atoms with Crippen molar-refractivity contribution >= 4 is 17.7 Å². The fourth-order valence-electron chi connectivity index (χ4n) is 2.79. The molecule has 0 radical (unpaired) electrons. The van der Waals surface area contributed by atoms with Gasteiger partial charge in [0.15, 0.2) is 0 Å². The van der Waals surface area contributed by atoms with E-state index in [-0.39, 0.29) is 17.2 Å².